The molecule has 5 nitrogen and oxygen atoms in total. The first-order valence-electron chi connectivity index (χ1n) is 8.90. The van der Waals surface area contributed by atoms with Gasteiger partial charge in [-0.15, -0.1) is 0 Å². The van der Waals surface area contributed by atoms with Gasteiger partial charge in [-0.3, -0.25) is 4.90 Å². The van der Waals surface area contributed by atoms with Gasteiger partial charge in [-0.05, 0) is 34.6 Å². The molecule has 2 aromatic rings. The molecule has 1 heterocycles. The van der Waals surface area contributed by atoms with Gasteiger partial charge in [-0.25, -0.2) is 9.59 Å². The van der Waals surface area contributed by atoms with Crippen molar-refractivity contribution in [3.8, 4) is 11.1 Å². The Morgan fingerprint density at radius 1 is 1.08 bits per heavy atom. The van der Waals surface area contributed by atoms with Crippen LogP contribution >= 0.6 is 0 Å². The van der Waals surface area contributed by atoms with Gasteiger partial charge in [0.05, 0.1) is 0 Å². The summed E-state index contributed by atoms with van der Waals surface area (Å²) < 4.78 is 5.58. The Morgan fingerprint density at radius 2 is 1.65 bits per heavy atom. The molecule has 2 aliphatic rings. The number of aliphatic carboxylic acids is 1. The highest BCUT2D eigenvalue weighted by atomic mass is 16.6. The van der Waals surface area contributed by atoms with Crippen molar-refractivity contribution >= 4 is 12.1 Å². The Kier molecular flexibility index (Phi) is 4.15. The Labute approximate surface area is 152 Å². The summed E-state index contributed by atoms with van der Waals surface area (Å²) in [6, 6.07) is 15.5. The minimum absolute atomic E-state index is 0.0188. The van der Waals surface area contributed by atoms with Gasteiger partial charge >= 0.3 is 12.1 Å². The molecule has 0 bridgehead atoms. The predicted molar refractivity (Wildman–Crippen MR) is 97.0 cm³/mol. The average Bonchev–Trinajstić information content (AvgIpc) is 3.18. The number of rotatable bonds is 3. The van der Waals surface area contributed by atoms with E-state index in [2.05, 4.69) is 24.3 Å². The maximum atomic E-state index is 12.5. The van der Waals surface area contributed by atoms with Crippen LogP contribution in [0.4, 0.5) is 4.79 Å². The zero-order valence-electron chi connectivity index (χ0n) is 14.6. The van der Waals surface area contributed by atoms with Crippen molar-refractivity contribution in [2.75, 3.05) is 13.2 Å². The molecular formula is C21H21NO4. The number of benzene rings is 2. The van der Waals surface area contributed by atoms with Crippen LogP contribution in [0.5, 0.6) is 0 Å². The molecule has 1 aliphatic heterocycles. The molecule has 26 heavy (non-hydrogen) atoms. The number of carboxylic acid groups (broad SMARTS) is 1. The van der Waals surface area contributed by atoms with Crippen LogP contribution in [0.25, 0.3) is 11.1 Å². The molecule has 0 unspecified atom stereocenters. The zero-order chi connectivity index (χ0) is 18.3. The molecule has 0 radical (unpaired) electrons. The SMILES string of the molecule is C[C@@H]1C[C@@H](C(=O)O)N(C(=O)OCC2c3ccccc3-c3ccccc32)C1. The zero-order valence-corrected chi connectivity index (χ0v) is 14.6. The highest BCUT2D eigenvalue weighted by molar-refractivity contribution is 5.81. The van der Waals surface area contributed by atoms with E-state index >= 15 is 0 Å². The summed E-state index contributed by atoms with van der Waals surface area (Å²) >= 11 is 0. The number of likely N-dealkylation sites (tertiary alicyclic amines) is 1. The summed E-state index contributed by atoms with van der Waals surface area (Å²) in [5.74, 6) is -0.825. The van der Waals surface area contributed by atoms with E-state index in [1.807, 2.05) is 31.2 Å². The lowest BCUT2D eigenvalue weighted by Gasteiger charge is -2.22. The van der Waals surface area contributed by atoms with Gasteiger partial charge in [0.25, 0.3) is 0 Å². The minimum Gasteiger partial charge on any atom is -0.480 e. The van der Waals surface area contributed by atoms with Crippen LogP contribution in [0, 0.1) is 5.92 Å². The molecule has 2 atom stereocenters. The van der Waals surface area contributed by atoms with Crippen molar-refractivity contribution in [2.45, 2.75) is 25.3 Å². The lowest BCUT2D eigenvalue weighted by molar-refractivity contribution is -0.141. The third-order valence-corrected chi connectivity index (χ3v) is 5.37. The minimum atomic E-state index is -0.970. The Balaban J connectivity index is 1.53. The van der Waals surface area contributed by atoms with Crippen LogP contribution in [0.2, 0.25) is 0 Å². The Bertz CT molecular complexity index is 817. The number of carboxylic acids is 1. The highest BCUT2D eigenvalue weighted by Crippen LogP contribution is 2.44. The quantitative estimate of drug-likeness (QED) is 0.915. The van der Waals surface area contributed by atoms with Gasteiger partial charge in [0.1, 0.15) is 12.6 Å². The number of hydrogen-bond donors (Lipinski definition) is 1. The standard InChI is InChI=1S/C21H21NO4/c1-13-10-19(20(23)24)22(11-13)21(25)26-12-18-16-8-4-2-6-14(16)15-7-3-5-9-17(15)18/h2-9,13,18-19H,10-12H2,1H3,(H,23,24)/t13-,19+/m1/s1. The van der Waals surface area contributed by atoms with Crippen LogP contribution in [0.1, 0.15) is 30.4 Å². The third kappa shape index (κ3) is 2.73. The molecule has 1 amide bonds. The number of fused-ring (bicyclic) bond motifs is 3. The molecular weight excluding hydrogens is 330 g/mol. The molecule has 5 heteroatoms. The molecule has 1 aliphatic carbocycles. The second-order valence-corrected chi connectivity index (χ2v) is 7.15. The van der Waals surface area contributed by atoms with E-state index in [4.69, 9.17) is 4.74 Å². The largest absolute Gasteiger partial charge is 0.480 e. The second-order valence-electron chi connectivity index (χ2n) is 7.15. The number of nitrogens with zero attached hydrogens (tertiary/aromatic N) is 1. The monoisotopic (exact) mass is 351 g/mol. The number of hydrogen-bond acceptors (Lipinski definition) is 3. The van der Waals surface area contributed by atoms with Crippen molar-refractivity contribution in [1.82, 2.24) is 4.90 Å². The smallest absolute Gasteiger partial charge is 0.410 e. The fourth-order valence-corrected chi connectivity index (χ4v) is 4.16. The van der Waals surface area contributed by atoms with Crippen molar-refractivity contribution in [2.24, 2.45) is 5.92 Å². The summed E-state index contributed by atoms with van der Waals surface area (Å²) in [7, 11) is 0. The van der Waals surface area contributed by atoms with Crippen molar-refractivity contribution in [3.05, 3.63) is 59.7 Å². The third-order valence-electron chi connectivity index (χ3n) is 5.37. The summed E-state index contributed by atoms with van der Waals surface area (Å²) in [6.45, 7) is 2.59. The number of amides is 1. The van der Waals surface area contributed by atoms with Crippen LogP contribution in [-0.4, -0.2) is 41.3 Å². The first kappa shape index (κ1) is 16.6. The summed E-state index contributed by atoms with van der Waals surface area (Å²) in [4.78, 5) is 25.3. The fraction of sp³-hybridized carbons (Fsp3) is 0.333. The van der Waals surface area contributed by atoms with Crippen molar-refractivity contribution in [1.29, 1.82) is 0 Å². The molecule has 1 saturated heterocycles. The number of ether oxygens (including phenoxy) is 1. The van der Waals surface area contributed by atoms with E-state index < -0.39 is 18.1 Å². The summed E-state index contributed by atoms with van der Waals surface area (Å²) in [5.41, 5.74) is 4.63. The lowest BCUT2D eigenvalue weighted by atomic mass is 9.98. The maximum absolute atomic E-state index is 12.5. The molecule has 2 aromatic carbocycles. The van der Waals surface area contributed by atoms with E-state index in [0.717, 1.165) is 11.1 Å². The first-order valence-corrected chi connectivity index (χ1v) is 8.90. The topological polar surface area (TPSA) is 66.8 Å². The molecule has 0 aromatic heterocycles. The van der Waals surface area contributed by atoms with Crippen LogP contribution in [-0.2, 0) is 9.53 Å². The second kappa shape index (κ2) is 6.48. The van der Waals surface area contributed by atoms with Crippen LogP contribution in [0.15, 0.2) is 48.5 Å². The van der Waals surface area contributed by atoms with Gasteiger partial charge in [0.15, 0.2) is 0 Å². The molecule has 134 valence electrons. The number of carbonyl (C=O) groups is 2. The molecule has 0 saturated carbocycles. The number of carbonyl (C=O) groups excluding carboxylic acids is 1. The van der Waals surface area contributed by atoms with Gasteiger partial charge in [0.2, 0.25) is 0 Å². The predicted octanol–water partition coefficient (Wildman–Crippen LogP) is 3.73. The maximum Gasteiger partial charge on any atom is 0.410 e. The van der Waals surface area contributed by atoms with Crippen molar-refractivity contribution < 1.29 is 19.4 Å². The first-order chi connectivity index (χ1) is 12.6. The van der Waals surface area contributed by atoms with Gasteiger partial charge in [0, 0.05) is 12.5 Å². The average molecular weight is 351 g/mol. The van der Waals surface area contributed by atoms with E-state index in [9.17, 15) is 14.7 Å². The molecule has 1 fully saturated rings. The van der Waals surface area contributed by atoms with Crippen LogP contribution < -0.4 is 0 Å². The van der Waals surface area contributed by atoms with E-state index in [1.54, 1.807) is 0 Å². The summed E-state index contributed by atoms with van der Waals surface area (Å²) in [6.07, 6.45) is -0.0666. The highest BCUT2D eigenvalue weighted by Gasteiger charge is 2.39. The molecule has 1 N–H and O–H groups in total. The fourth-order valence-electron chi connectivity index (χ4n) is 4.16. The van der Waals surface area contributed by atoms with E-state index in [-0.39, 0.29) is 18.4 Å². The van der Waals surface area contributed by atoms with Gasteiger partial charge in [-0.1, -0.05) is 55.5 Å². The Hall–Kier alpha value is -2.82. The summed E-state index contributed by atoms with van der Waals surface area (Å²) in [5, 5.41) is 9.34. The Morgan fingerprint density at radius 3 is 2.23 bits per heavy atom. The van der Waals surface area contributed by atoms with E-state index in [0.29, 0.717) is 13.0 Å². The van der Waals surface area contributed by atoms with Gasteiger partial charge < -0.3 is 9.84 Å². The van der Waals surface area contributed by atoms with Crippen molar-refractivity contribution in [3.63, 3.8) is 0 Å². The van der Waals surface area contributed by atoms with Gasteiger partial charge in [-0.2, -0.15) is 0 Å². The van der Waals surface area contributed by atoms with E-state index in [1.165, 1.54) is 16.0 Å². The normalized spacial score (nSPS) is 21.3. The molecule has 4 rings (SSSR count). The van der Waals surface area contributed by atoms with Crippen LogP contribution in [0.3, 0.4) is 0 Å². The molecule has 0 spiro atoms. The lowest BCUT2D eigenvalue weighted by Crippen LogP contribution is -2.41.